The van der Waals surface area contributed by atoms with E-state index in [0.29, 0.717) is 60.5 Å². The number of hydrogen-bond donors (Lipinski definition) is 2. The van der Waals surface area contributed by atoms with Crippen molar-refractivity contribution in [1.29, 1.82) is 5.26 Å². The summed E-state index contributed by atoms with van der Waals surface area (Å²) < 4.78 is 22.2. The van der Waals surface area contributed by atoms with Gasteiger partial charge in [0.15, 0.2) is 6.79 Å². The number of nitriles is 1. The van der Waals surface area contributed by atoms with Gasteiger partial charge in [0.2, 0.25) is 11.8 Å². The number of aromatic nitrogens is 1. The van der Waals surface area contributed by atoms with Gasteiger partial charge >= 0.3 is 0 Å². The molecule has 0 aliphatic carbocycles. The second-order valence-corrected chi connectivity index (χ2v) is 7.73. The number of amides is 1. The highest BCUT2D eigenvalue weighted by Crippen LogP contribution is 2.31. The minimum absolute atomic E-state index is 0.0124. The first kappa shape index (κ1) is 23.4. The second kappa shape index (κ2) is 12.0. The van der Waals surface area contributed by atoms with Crippen LogP contribution in [0.5, 0.6) is 11.6 Å². The van der Waals surface area contributed by atoms with Gasteiger partial charge in [-0.3, -0.25) is 4.79 Å². The van der Waals surface area contributed by atoms with Crippen LogP contribution in [0, 0.1) is 17.2 Å². The molecule has 1 N–H and O–H groups in total. The predicted octanol–water partition coefficient (Wildman–Crippen LogP) is 2.53. The van der Waals surface area contributed by atoms with Crippen molar-refractivity contribution in [1.82, 2.24) is 10.3 Å². The van der Waals surface area contributed by atoms with Crippen LogP contribution in [0.2, 0.25) is 0 Å². The first-order valence-corrected chi connectivity index (χ1v) is 11.0. The summed E-state index contributed by atoms with van der Waals surface area (Å²) in [7, 11) is 0. The Balaban J connectivity index is 1.68. The van der Waals surface area contributed by atoms with Crippen LogP contribution in [0.25, 0.3) is 10.8 Å². The molecule has 1 amide bonds. The topological polar surface area (TPSA) is 103 Å². The second-order valence-electron chi connectivity index (χ2n) is 6.90. The fourth-order valence-corrected chi connectivity index (χ4v) is 3.50. The number of carbonyl (C=O) groups excluding carboxylic acids is 1. The Morgan fingerprint density at radius 3 is 2.90 bits per heavy atom. The van der Waals surface area contributed by atoms with E-state index in [1.165, 1.54) is 0 Å². The molecule has 1 aliphatic heterocycles. The monoisotopic (exact) mass is 465 g/mol. The average Bonchev–Trinajstić information content (AvgIpc) is 3.14. The largest absolute Gasteiger partial charge is 0.475 e. The Morgan fingerprint density at radius 2 is 2.13 bits per heavy atom. The first-order chi connectivity index (χ1) is 15.2. The Hall–Kier alpha value is -2.25. The fraction of sp³-hybridized carbons (Fsp3) is 0.476. The Morgan fingerprint density at radius 1 is 1.26 bits per heavy atom. The van der Waals surface area contributed by atoms with E-state index in [-0.39, 0.29) is 31.3 Å². The standard InChI is InChI=1S/C21H24ClN3O5S/c22-2-4-27-11-16-8-17(25-20(16)26)12-29-21-18-9-19(30-13-28-5-6-31)15(10-23)7-14(18)1-3-24-21/h1,3,7,9,16-17,31H,2,4-6,8,11-13H2,(H,25,26)/t16-,17+/m1/s1. The van der Waals surface area contributed by atoms with Crippen molar-refractivity contribution in [2.24, 2.45) is 5.92 Å². The summed E-state index contributed by atoms with van der Waals surface area (Å²) in [5.41, 5.74) is 0.391. The highest BCUT2D eigenvalue weighted by atomic mass is 35.5. The summed E-state index contributed by atoms with van der Waals surface area (Å²) in [5.74, 6) is 1.49. The summed E-state index contributed by atoms with van der Waals surface area (Å²) in [6.07, 6.45) is 2.23. The first-order valence-electron chi connectivity index (χ1n) is 9.87. The van der Waals surface area contributed by atoms with Crippen molar-refractivity contribution in [3.63, 3.8) is 0 Å². The molecule has 0 saturated carbocycles. The molecular formula is C21H24ClN3O5S. The summed E-state index contributed by atoms with van der Waals surface area (Å²) in [6.45, 7) is 1.48. The van der Waals surface area contributed by atoms with Crippen molar-refractivity contribution < 1.29 is 23.7 Å². The van der Waals surface area contributed by atoms with E-state index in [4.69, 9.17) is 30.5 Å². The molecule has 1 aliphatic rings. The van der Waals surface area contributed by atoms with Gasteiger partial charge in [-0.1, -0.05) is 0 Å². The summed E-state index contributed by atoms with van der Waals surface area (Å²) >= 11 is 9.68. The number of nitrogens with one attached hydrogen (secondary N) is 1. The van der Waals surface area contributed by atoms with Crippen LogP contribution >= 0.6 is 24.2 Å². The van der Waals surface area contributed by atoms with Gasteiger partial charge in [-0.05, 0) is 30.0 Å². The number of halogens is 1. The molecule has 0 unspecified atom stereocenters. The number of alkyl halides is 1. The molecule has 3 rings (SSSR count). The van der Waals surface area contributed by atoms with E-state index in [2.05, 4.69) is 29.0 Å². The molecule has 0 radical (unpaired) electrons. The summed E-state index contributed by atoms with van der Waals surface area (Å²) in [4.78, 5) is 16.4. The fourth-order valence-electron chi connectivity index (χ4n) is 3.27. The smallest absolute Gasteiger partial charge is 0.225 e. The average molecular weight is 466 g/mol. The Kier molecular flexibility index (Phi) is 9.03. The third-order valence-electron chi connectivity index (χ3n) is 4.73. The molecule has 8 nitrogen and oxygen atoms in total. The van der Waals surface area contributed by atoms with Gasteiger partial charge in [0, 0.05) is 23.2 Å². The SMILES string of the molecule is N#Cc1cc2ccnc(OC[C@@H]3C[C@H](COCCCl)C(=O)N3)c2cc1OCOCCS. The van der Waals surface area contributed by atoms with Crippen LogP contribution in [-0.4, -0.2) is 61.8 Å². The summed E-state index contributed by atoms with van der Waals surface area (Å²) in [5, 5.41) is 13.9. The Labute approximate surface area is 191 Å². The van der Waals surface area contributed by atoms with E-state index in [1.54, 1.807) is 24.4 Å². The quantitative estimate of drug-likeness (QED) is 0.215. The highest BCUT2D eigenvalue weighted by Gasteiger charge is 2.32. The number of rotatable bonds is 12. The molecule has 0 spiro atoms. The molecule has 2 aromatic rings. The lowest BCUT2D eigenvalue weighted by molar-refractivity contribution is -0.124. The number of pyridine rings is 1. The number of benzene rings is 1. The molecule has 31 heavy (non-hydrogen) atoms. The number of nitrogens with zero attached hydrogens (tertiary/aromatic N) is 2. The molecule has 1 fully saturated rings. The lowest BCUT2D eigenvalue weighted by Gasteiger charge is -2.14. The van der Waals surface area contributed by atoms with E-state index in [0.717, 1.165) is 5.39 Å². The lowest BCUT2D eigenvalue weighted by Crippen LogP contribution is -2.31. The molecular weight excluding hydrogens is 442 g/mol. The van der Waals surface area contributed by atoms with Crippen LogP contribution in [0.1, 0.15) is 12.0 Å². The van der Waals surface area contributed by atoms with Crippen molar-refractivity contribution in [2.45, 2.75) is 12.5 Å². The maximum absolute atomic E-state index is 12.1. The van der Waals surface area contributed by atoms with Crippen molar-refractivity contribution in [3.05, 3.63) is 30.0 Å². The van der Waals surface area contributed by atoms with Gasteiger partial charge < -0.3 is 24.3 Å². The number of carbonyl (C=O) groups is 1. The lowest BCUT2D eigenvalue weighted by atomic mass is 10.1. The van der Waals surface area contributed by atoms with Crippen LogP contribution in [-0.2, 0) is 14.3 Å². The number of ether oxygens (including phenoxy) is 4. The zero-order valence-electron chi connectivity index (χ0n) is 16.9. The number of fused-ring (bicyclic) bond motifs is 1. The molecule has 1 saturated heterocycles. The van der Waals surface area contributed by atoms with Crippen molar-refractivity contribution >= 4 is 40.9 Å². The highest BCUT2D eigenvalue weighted by molar-refractivity contribution is 7.80. The molecule has 1 aromatic heterocycles. The minimum Gasteiger partial charge on any atom is -0.475 e. The van der Waals surface area contributed by atoms with Gasteiger partial charge in [0.25, 0.3) is 0 Å². The number of hydrogen-bond acceptors (Lipinski definition) is 8. The molecule has 166 valence electrons. The maximum Gasteiger partial charge on any atom is 0.225 e. The van der Waals surface area contributed by atoms with Crippen LogP contribution < -0.4 is 14.8 Å². The van der Waals surface area contributed by atoms with Gasteiger partial charge in [-0.2, -0.15) is 17.9 Å². The zero-order chi connectivity index (χ0) is 22.1. The van der Waals surface area contributed by atoms with E-state index >= 15 is 0 Å². The van der Waals surface area contributed by atoms with Gasteiger partial charge in [-0.25, -0.2) is 4.98 Å². The Bertz CT molecular complexity index is 939. The molecule has 2 atom stereocenters. The van der Waals surface area contributed by atoms with Crippen molar-refractivity contribution in [2.75, 3.05) is 44.9 Å². The van der Waals surface area contributed by atoms with Crippen LogP contribution in [0.3, 0.4) is 0 Å². The van der Waals surface area contributed by atoms with Gasteiger partial charge in [0.05, 0.1) is 37.3 Å². The molecule has 0 bridgehead atoms. The van der Waals surface area contributed by atoms with Crippen molar-refractivity contribution in [3.8, 4) is 17.7 Å². The van der Waals surface area contributed by atoms with Crippen LogP contribution in [0.15, 0.2) is 24.4 Å². The predicted molar refractivity (Wildman–Crippen MR) is 119 cm³/mol. The molecule has 2 heterocycles. The maximum atomic E-state index is 12.1. The molecule has 1 aromatic carbocycles. The van der Waals surface area contributed by atoms with E-state index in [9.17, 15) is 10.1 Å². The normalized spacial score (nSPS) is 18.0. The summed E-state index contributed by atoms with van der Waals surface area (Å²) in [6, 6.07) is 7.23. The third kappa shape index (κ3) is 6.37. The molecule has 10 heteroatoms. The number of thiol groups is 1. The van der Waals surface area contributed by atoms with Gasteiger partial charge in [-0.15, -0.1) is 11.6 Å². The third-order valence-corrected chi connectivity index (χ3v) is 5.07. The van der Waals surface area contributed by atoms with Gasteiger partial charge in [0.1, 0.15) is 18.4 Å². The minimum atomic E-state index is -0.215. The van der Waals surface area contributed by atoms with E-state index < -0.39 is 0 Å². The van der Waals surface area contributed by atoms with E-state index in [1.807, 2.05) is 0 Å². The van der Waals surface area contributed by atoms with Crippen LogP contribution in [0.4, 0.5) is 0 Å². The zero-order valence-corrected chi connectivity index (χ0v) is 18.5.